The van der Waals surface area contributed by atoms with Crippen LogP contribution in [0.2, 0.25) is 5.15 Å². The highest BCUT2D eigenvalue weighted by Crippen LogP contribution is 2.31. The van der Waals surface area contributed by atoms with E-state index in [9.17, 15) is 0 Å². The van der Waals surface area contributed by atoms with Crippen LogP contribution in [-0.4, -0.2) is 11.5 Å². The summed E-state index contributed by atoms with van der Waals surface area (Å²) < 4.78 is 0. The highest BCUT2D eigenvalue weighted by atomic mass is 35.5. The maximum absolute atomic E-state index is 5.86. The van der Waals surface area contributed by atoms with Crippen molar-refractivity contribution in [3.05, 3.63) is 40.4 Å². The van der Waals surface area contributed by atoms with Crippen molar-refractivity contribution in [2.75, 3.05) is 11.4 Å². The topological polar surface area (TPSA) is 16.1 Å². The SMILES string of the molecule is CCN(c1nc(Cl)cs1)c1ccccc1C. The van der Waals surface area contributed by atoms with Crippen LogP contribution < -0.4 is 4.90 Å². The lowest BCUT2D eigenvalue weighted by molar-refractivity contribution is 1.00. The molecule has 0 atom stereocenters. The van der Waals surface area contributed by atoms with Gasteiger partial charge in [-0.15, -0.1) is 11.3 Å². The van der Waals surface area contributed by atoms with Crippen molar-refractivity contribution in [3.8, 4) is 0 Å². The third kappa shape index (κ3) is 2.20. The lowest BCUT2D eigenvalue weighted by atomic mass is 10.2. The van der Waals surface area contributed by atoms with E-state index in [2.05, 4.69) is 35.9 Å². The molecule has 0 fully saturated rings. The van der Waals surface area contributed by atoms with Crippen LogP contribution in [0.3, 0.4) is 0 Å². The lowest BCUT2D eigenvalue weighted by Gasteiger charge is -2.21. The van der Waals surface area contributed by atoms with E-state index in [1.807, 2.05) is 17.5 Å². The second-order valence-electron chi connectivity index (χ2n) is 3.48. The number of anilines is 2. The van der Waals surface area contributed by atoms with Crippen LogP contribution in [0.4, 0.5) is 10.8 Å². The maximum atomic E-state index is 5.86. The number of rotatable bonds is 3. The molecule has 4 heteroatoms. The molecule has 1 aromatic carbocycles. The van der Waals surface area contributed by atoms with Gasteiger partial charge in [0.25, 0.3) is 0 Å². The summed E-state index contributed by atoms with van der Waals surface area (Å²) in [7, 11) is 0. The molecule has 0 unspecified atom stereocenters. The van der Waals surface area contributed by atoms with Crippen molar-refractivity contribution in [1.29, 1.82) is 0 Å². The molecule has 2 aromatic rings. The molecule has 16 heavy (non-hydrogen) atoms. The average Bonchev–Trinajstić information content (AvgIpc) is 2.69. The van der Waals surface area contributed by atoms with Gasteiger partial charge in [0.05, 0.1) is 0 Å². The van der Waals surface area contributed by atoms with E-state index in [0.717, 1.165) is 11.7 Å². The second kappa shape index (κ2) is 4.85. The van der Waals surface area contributed by atoms with Gasteiger partial charge in [-0.2, -0.15) is 0 Å². The summed E-state index contributed by atoms with van der Waals surface area (Å²) in [6.45, 7) is 5.10. The molecule has 0 saturated heterocycles. The zero-order valence-corrected chi connectivity index (χ0v) is 10.8. The Kier molecular flexibility index (Phi) is 3.46. The molecular formula is C12H13ClN2S. The van der Waals surface area contributed by atoms with E-state index in [0.29, 0.717) is 5.15 Å². The van der Waals surface area contributed by atoms with Crippen molar-refractivity contribution in [2.24, 2.45) is 0 Å². The molecule has 0 saturated carbocycles. The molecular weight excluding hydrogens is 240 g/mol. The van der Waals surface area contributed by atoms with Gasteiger partial charge in [0.1, 0.15) is 5.15 Å². The maximum Gasteiger partial charge on any atom is 0.191 e. The number of hydrogen-bond donors (Lipinski definition) is 0. The van der Waals surface area contributed by atoms with E-state index in [1.165, 1.54) is 11.3 Å². The first-order valence-corrected chi connectivity index (χ1v) is 6.42. The Morgan fingerprint density at radius 2 is 2.12 bits per heavy atom. The lowest BCUT2D eigenvalue weighted by Crippen LogP contribution is -2.16. The molecule has 0 amide bonds. The second-order valence-corrected chi connectivity index (χ2v) is 4.71. The molecule has 84 valence electrons. The van der Waals surface area contributed by atoms with Gasteiger partial charge < -0.3 is 4.90 Å². The average molecular weight is 253 g/mol. The third-order valence-corrected chi connectivity index (χ3v) is 3.60. The summed E-state index contributed by atoms with van der Waals surface area (Å²) in [6.07, 6.45) is 0. The predicted molar refractivity (Wildman–Crippen MR) is 71.0 cm³/mol. The molecule has 0 bridgehead atoms. The molecule has 0 aliphatic heterocycles. The monoisotopic (exact) mass is 252 g/mol. The number of aryl methyl sites for hydroxylation is 1. The summed E-state index contributed by atoms with van der Waals surface area (Å²) in [6, 6.07) is 8.29. The van der Waals surface area contributed by atoms with Crippen LogP contribution >= 0.6 is 22.9 Å². The summed E-state index contributed by atoms with van der Waals surface area (Å²) in [5.41, 5.74) is 2.44. The van der Waals surface area contributed by atoms with Crippen LogP contribution in [0.25, 0.3) is 0 Å². The predicted octanol–water partition coefficient (Wildman–Crippen LogP) is 4.26. The normalized spacial score (nSPS) is 10.4. The molecule has 0 radical (unpaired) electrons. The summed E-state index contributed by atoms with van der Waals surface area (Å²) >= 11 is 7.43. The van der Waals surface area contributed by atoms with Crippen LogP contribution in [-0.2, 0) is 0 Å². The minimum absolute atomic E-state index is 0.562. The van der Waals surface area contributed by atoms with E-state index in [4.69, 9.17) is 11.6 Å². The van der Waals surface area contributed by atoms with E-state index >= 15 is 0 Å². The van der Waals surface area contributed by atoms with E-state index in [-0.39, 0.29) is 0 Å². The summed E-state index contributed by atoms with van der Waals surface area (Å²) in [5.74, 6) is 0. The first-order chi connectivity index (χ1) is 7.72. The van der Waals surface area contributed by atoms with Crippen LogP contribution in [0.15, 0.2) is 29.6 Å². The Morgan fingerprint density at radius 3 is 2.69 bits per heavy atom. The van der Waals surface area contributed by atoms with Gasteiger partial charge in [-0.05, 0) is 25.5 Å². The molecule has 1 heterocycles. The number of aromatic nitrogens is 1. The largest absolute Gasteiger partial charge is 0.318 e. The highest BCUT2D eigenvalue weighted by Gasteiger charge is 2.12. The Labute approximate surface area is 105 Å². The Balaban J connectivity index is 2.40. The van der Waals surface area contributed by atoms with Gasteiger partial charge in [0.2, 0.25) is 0 Å². The fourth-order valence-electron chi connectivity index (χ4n) is 1.64. The molecule has 1 aromatic heterocycles. The molecule has 0 spiro atoms. The standard InChI is InChI=1S/C12H13ClN2S/c1-3-15(12-14-11(13)8-16-12)10-7-5-4-6-9(10)2/h4-8H,3H2,1-2H3. The van der Waals surface area contributed by atoms with E-state index < -0.39 is 0 Å². The van der Waals surface area contributed by atoms with Gasteiger partial charge in [-0.25, -0.2) is 4.98 Å². The van der Waals surface area contributed by atoms with E-state index in [1.54, 1.807) is 11.3 Å². The zero-order chi connectivity index (χ0) is 11.5. The zero-order valence-electron chi connectivity index (χ0n) is 9.27. The Hall–Kier alpha value is -1.06. The van der Waals surface area contributed by atoms with Gasteiger partial charge >= 0.3 is 0 Å². The smallest absolute Gasteiger partial charge is 0.191 e. The van der Waals surface area contributed by atoms with Crippen molar-refractivity contribution in [2.45, 2.75) is 13.8 Å². The van der Waals surface area contributed by atoms with Crippen molar-refractivity contribution in [3.63, 3.8) is 0 Å². The number of para-hydroxylation sites is 1. The van der Waals surface area contributed by atoms with Crippen molar-refractivity contribution >= 4 is 33.8 Å². The highest BCUT2D eigenvalue weighted by molar-refractivity contribution is 7.14. The summed E-state index contributed by atoms with van der Waals surface area (Å²) in [4.78, 5) is 6.48. The van der Waals surface area contributed by atoms with Crippen LogP contribution in [0.1, 0.15) is 12.5 Å². The van der Waals surface area contributed by atoms with Crippen LogP contribution in [0.5, 0.6) is 0 Å². The number of benzene rings is 1. The quantitative estimate of drug-likeness (QED) is 0.811. The summed E-state index contributed by atoms with van der Waals surface area (Å²) in [5, 5.41) is 3.37. The molecule has 0 aliphatic carbocycles. The fraction of sp³-hybridized carbons (Fsp3) is 0.250. The third-order valence-electron chi connectivity index (χ3n) is 2.42. The van der Waals surface area contributed by atoms with Gasteiger partial charge in [-0.3, -0.25) is 0 Å². The minimum Gasteiger partial charge on any atom is -0.318 e. The first kappa shape index (κ1) is 11.4. The van der Waals surface area contributed by atoms with Crippen molar-refractivity contribution < 1.29 is 0 Å². The first-order valence-electron chi connectivity index (χ1n) is 5.16. The van der Waals surface area contributed by atoms with Crippen molar-refractivity contribution in [1.82, 2.24) is 4.98 Å². The molecule has 2 nitrogen and oxygen atoms in total. The number of halogens is 1. The number of thiazole rings is 1. The molecule has 0 N–H and O–H groups in total. The Bertz CT molecular complexity index is 481. The number of nitrogens with zero attached hydrogens (tertiary/aromatic N) is 2. The Morgan fingerprint density at radius 1 is 1.38 bits per heavy atom. The fourth-order valence-corrected chi connectivity index (χ4v) is 2.67. The van der Waals surface area contributed by atoms with Gasteiger partial charge in [0, 0.05) is 17.6 Å². The van der Waals surface area contributed by atoms with Gasteiger partial charge in [-0.1, -0.05) is 29.8 Å². The molecule has 0 aliphatic rings. The minimum atomic E-state index is 0.562. The molecule has 2 rings (SSSR count). The van der Waals surface area contributed by atoms with Gasteiger partial charge in [0.15, 0.2) is 5.13 Å². The van der Waals surface area contributed by atoms with Crippen LogP contribution in [0, 0.1) is 6.92 Å². The number of hydrogen-bond acceptors (Lipinski definition) is 3.